The Hall–Kier alpha value is -4.19. The van der Waals surface area contributed by atoms with Gasteiger partial charge in [0.2, 0.25) is 0 Å². The second kappa shape index (κ2) is 67.3. The van der Waals surface area contributed by atoms with E-state index in [1.807, 2.05) is 0 Å². The van der Waals surface area contributed by atoms with Crippen molar-refractivity contribution in [2.24, 2.45) is 0 Å². The van der Waals surface area contributed by atoms with Crippen LogP contribution in [0.4, 0.5) is 0 Å². The molecular formula is C74H124O6. The van der Waals surface area contributed by atoms with Gasteiger partial charge in [-0.1, -0.05) is 296 Å². The van der Waals surface area contributed by atoms with E-state index in [0.717, 1.165) is 135 Å². The monoisotopic (exact) mass is 1110 g/mol. The highest BCUT2D eigenvalue weighted by Gasteiger charge is 2.19. The number of allylic oxidation sites excluding steroid dienone is 20. The van der Waals surface area contributed by atoms with Gasteiger partial charge in [0.05, 0.1) is 0 Å². The van der Waals surface area contributed by atoms with Gasteiger partial charge in [-0.3, -0.25) is 14.4 Å². The van der Waals surface area contributed by atoms with Crippen LogP contribution in [0.3, 0.4) is 0 Å². The average Bonchev–Trinajstić information content (AvgIpc) is 3.46. The van der Waals surface area contributed by atoms with Gasteiger partial charge in [-0.05, 0) is 116 Å². The SMILES string of the molecule is CC/C=C\C/C=C\C/C=C\C/C=C\C/C=C\C/C=C\C/C=C\CCCCCCCCCC(=O)OCC(COC(=O)CCCCCCCCCCCCCC)OC(=O)CCCCCCCC/C=C\C/C=C\C/C=C\CCCCCCC. The summed E-state index contributed by atoms with van der Waals surface area (Å²) in [6, 6.07) is 0. The molecule has 0 amide bonds. The smallest absolute Gasteiger partial charge is 0.306 e. The molecule has 0 saturated heterocycles. The quantitative estimate of drug-likeness (QED) is 0.0261. The van der Waals surface area contributed by atoms with Crippen molar-refractivity contribution < 1.29 is 28.6 Å². The standard InChI is InChI=1S/C74H124O6/c1-4-7-10-13-16-19-22-25-27-29-31-33-34-35-36-37-38-39-40-42-43-45-47-49-52-55-58-61-64-67-73(76)79-70-71(69-78-72(75)66-63-60-57-54-51-24-21-18-15-12-9-6-3)80-74(77)68-65-62-59-56-53-50-48-46-44-41-32-30-28-26-23-20-17-14-11-8-5-2/h7,10,16,19,23,25-27,30-33,35-36,38-39,42-44,46,71H,4-6,8-9,11-15,17-18,20-22,24,28-29,34,37,40-41,45,47-70H2,1-3H3/b10-7-,19-16-,26-23-,27-25-,32-30-,33-31-,36-35-,39-38-,43-42-,46-44-. The van der Waals surface area contributed by atoms with Crippen LogP contribution in [-0.2, 0) is 28.6 Å². The van der Waals surface area contributed by atoms with Gasteiger partial charge >= 0.3 is 17.9 Å². The number of carbonyl (C=O) groups excluding carboxylic acids is 3. The maximum Gasteiger partial charge on any atom is 0.306 e. The lowest BCUT2D eigenvalue weighted by Crippen LogP contribution is -2.30. The van der Waals surface area contributed by atoms with Gasteiger partial charge in [0, 0.05) is 19.3 Å². The van der Waals surface area contributed by atoms with E-state index in [1.54, 1.807) is 0 Å². The summed E-state index contributed by atoms with van der Waals surface area (Å²) in [5.74, 6) is -0.904. The molecule has 0 aliphatic heterocycles. The molecule has 1 unspecified atom stereocenters. The number of esters is 3. The third-order valence-electron chi connectivity index (χ3n) is 14.2. The van der Waals surface area contributed by atoms with Crippen molar-refractivity contribution in [3.05, 3.63) is 122 Å². The van der Waals surface area contributed by atoms with Crippen LogP contribution in [0, 0.1) is 0 Å². The van der Waals surface area contributed by atoms with Crippen molar-refractivity contribution in [1.82, 2.24) is 0 Å². The van der Waals surface area contributed by atoms with Crippen LogP contribution in [0.2, 0.25) is 0 Å². The van der Waals surface area contributed by atoms with Crippen LogP contribution in [0.15, 0.2) is 122 Å². The molecular weight excluding hydrogens is 985 g/mol. The first-order chi connectivity index (χ1) is 39.5. The van der Waals surface area contributed by atoms with Crippen molar-refractivity contribution in [2.75, 3.05) is 13.2 Å². The van der Waals surface area contributed by atoms with Gasteiger partial charge in [0.25, 0.3) is 0 Å². The van der Waals surface area contributed by atoms with Crippen LogP contribution < -0.4 is 0 Å². The zero-order chi connectivity index (χ0) is 57.8. The molecule has 1 atom stereocenters. The summed E-state index contributed by atoms with van der Waals surface area (Å²) >= 11 is 0. The van der Waals surface area contributed by atoms with E-state index in [-0.39, 0.29) is 31.1 Å². The Morgan fingerprint density at radius 2 is 0.487 bits per heavy atom. The molecule has 80 heavy (non-hydrogen) atoms. The molecule has 0 heterocycles. The Kier molecular flexibility index (Phi) is 63.8. The minimum Gasteiger partial charge on any atom is -0.462 e. The highest BCUT2D eigenvalue weighted by Crippen LogP contribution is 2.16. The van der Waals surface area contributed by atoms with E-state index in [1.165, 1.54) is 135 Å². The van der Waals surface area contributed by atoms with Gasteiger partial charge in [-0.15, -0.1) is 0 Å². The Balaban J connectivity index is 4.35. The van der Waals surface area contributed by atoms with Crippen molar-refractivity contribution in [3.8, 4) is 0 Å². The molecule has 0 fully saturated rings. The normalized spacial score (nSPS) is 12.9. The molecule has 0 N–H and O–H groups in total. The lowest BCUT2D eigenvalue weighted by atomic mass is 10.0. The fraction of sp³-hybridized carbons (Fsp3) is 0.689. The molecule has 456 valence electrons. The molecule has 0 rings (SSSR count). The highest BCUT2D eigenvalue weighted by atomic mass is 16.6. The summed E-state index contributed by atoms with van der Waals surface area (Å²) < 4.78 is 16.9. The molecule has 0 saturated carbocycles. The second-order valence-electron chi connectivity index (χ2n) is 22.0. The molecule has 0 radical (unpaired) electrons. The predicted octanol–water partition coefficient (Wildman–Crippen LogP) is 23.2. The fourth-order valence-electron chi connectivity index (χ4n) is 9.20. The molecule has 0 aliphatic carbocycles. The van der Waals surface area contributed by atoms with E-state index in [2.05, 4.69) is 142 Å². The van der Waals surface area contributed by atoms with Crippen LogP contribution in [-0.4, -0.2) is 37.2 Å². The first-order valence-electron chi connectivity index (χ1n) is 33.5. The van der Waals surface area contributed by atoms with Crippen molar-refractivity contribution in [1.29, 1.82) is 0 Å². The van der Waals surface area contributed by atoms with Gasteiger partial charge in [0.1, 0.15) is 13.2 Å². The van der Waals surface area contributed by atoms with Crippen LogP contribution in [0.5, 0.6) is 0 Å². The summed E-state index contributed by atoms with van der Waals surface area (Å²) in [6.45, 7) is 6.51. The number of hydrogen-bond donors (Lipinski definition) is 0. The molecule has 0 aromatic rings. The van der Waals surface area contributed by atoms with E-state index >= 15 is 0 Å². The molecule has 6 nitrogen and oxygen atoms in total. The summed E-state index contributed by atoms with van der Waals surface area (Å²) in [6.07, 6.45) is 93.5. The van der Waals surface area contributed by atoms with Crippen LogP contribution in [0.25, 0.3) is 0 Å². The first-order valence-corrected chi connectivity index (χ1v) is 33.5. The molecule has 6 heteroatoms. The van der Waals surface area contributed by atoms with Gasteiger partial charge in [-0.25, -0.2) is 0 Å². The average molecular weight is 1110 g/mol. The summed E-state index contributed by atoms with van der Waals surface area (Å²) in [5.41, 5.74) is 0. The zero-order valence-electron chi connectivity index (χ0n) is 52.3. The molecule has 0 aromatic carbocycles. The number of carbonyl (C=O) groups is 3. The van der Waals surface area contributed by atoms with Crippen molar-refractivity contribution in [2.45, 2.75) is 316 Å². The molecule has 0 aliphatic rings. The second-order valence-corrected chi connectivity index (χ2v) is 22.0. The minimum absolute atomic E-state index is 0.0865. The Bertz CT molecular complexity index is 1650. The Morgan fingerprint density at radius 1 is 0.263 bits per heavy atom. The summed E-state index contributed by atoms with van der Waals surface area (Å²) in [4.78, 5) is 38.3. The number of ether oxygens (including phenoxy) is 3. The topological polar surface area (TPSA) is 78.9 Å². The molecule has 0 bridgehead atoms. The van der Waals surface area contributed by atoms with E-state index in [9.17, 15) is 14.4 Å². The number of rotatable bonds is 60. The van der Waals surface area contributed by atoms with E-state index in [4.69, 9.17) is 14.2 Å². The minimum atomic E-state index is -0.792. The summed E-state index contributed by atoms with van der Waals surface area (Å²) in [7, 11) is 0. The lowest BCUT2D eigenvalue weighted by molar-refractivity contribution is -0.167. The first kappa shape index (κ1) is 75.8. The molecule has 0 spiro atoms. The largest absolute Gasteiger partial charge is 0.462 e. The fourth-order valence-corrected chi connectivity index (χ4v) is 9.20. The third kappa shape index (κ3) is 64.6. The van der Waals surface area contributed by atoms with E-state index < -0.39 is 6.10 Å². The van der Waals surface area contributed by atoms with Gasteiger partial charge in [-0.2, -0.15) is 0 Å². The zero-order valence-corrected chi connectivity index (χ0v) is 52.3. The number of unbranched alkanes of at least 4 members (excludes halogenated alkanes) is 29. The highest BCUT2D eigenvalue weighted by molar-refractivity contribution is 5.71. The molecule has 0 aromatic heterocycles. The third-order valence-corrected chi connectivity index (χ3v) is 14.2. The predicted molar refractivity (Wildman–Crippen MR) is 348 cm³/mol. The van der Waals surface area contributed by atoms with Crippen molar-refractivity contribution >= 4 is 17.9 Å². The van der Waals surface area contributed by atoms with Crippen molar-refractivity contribution in [3.63, 3.8) is 0 Å². The van der Waals surface area contributed by atoms with Crippen LogP contribution in [0.1, 0.15) is 310 Å². The maximum atomic E-state index is 12.9. The Morgan fingerprint density at radius 3 is 0.762 bits per heavy atom. The number of hydrogen-bond acceptors (Lipinski definition) is 6. The van der Waals surface area contributed by atoms with Gasteiger partial charge < -0.3 is 14.2 Å². The Labute approximate surface area is 494 Å². The van der Waals surface area contributed by atoms with E-state index in [0.29, 0.717) is 19.3 Å². The van der Waals surface area contributed by atoms with Crippen LogP contribution >= 0.6 is 0 Å². The maximum absolute atomic E-state index is 12.9. The summed E-state index contributed by atoms with van der Waals surface area (Å²) in [5, 5.41) is 0. The lowest BCUT2D eigenvalue weighted by Gasteiger charge is -2.18. The van der Waals surface area contributed by atoms with Gasteiger partial charge in [0.15, 0.2) is 6.10 Å².